The van der Waals surface area contributed by atoms with Gasteiger partial charge in [-0.25, -0.2) is 0 Å². The Morgan fingerprint density at radius 3 is 2.50 bits per heavy atom. The van der Waals surface area contributed by atoms with Crippen molar-refractivity contribution in [2.45, 2.75) is 25.3 Å². The van der Waals surface area contributed by atoms with Gasteiger partial charge >= 0.3 is 0 Å². The predicted molar refractivity (Wildman–Crippen MR) is 135 cm³/mol. The minimum Gasteiger partial charge on any atom is -0.498 e. The maximum atomic E-state index is 5.98. The molecule has 2 aliphatic rings. The Kier molecular flexibility index (Phi) is 4.19. The number of fused-ring (bicyclic) bond motifs is 7. The number of para-hydroxylation sites is 2. The molecule has 0 aliphatic carbocycles. The van der Waals surface area contributed by atoms with Gasteiger partial charge in [-0.3, -0.25) is 4.98 Å². The molecule has 0 bridgehead atoms. The number of piperidine rings is 1. The zero-order valence-electron chi connectivity index (χ0n) is 19.3. The first kappa shape index (κ1) is 19.5. The molecule has 0 radical (unpaired) electrons. The molecule has 0 saturated carbocycles. The maximum Gasteiger partial charge on any atom is 0.147 e. The summed E-state index contributed by atoms with van der Waals surface area (Å²) in [6.45, 7) is 0.737. The smallest absolute Gasteiger partial charge is 0.147 e. The van der Waals surface area contributed by atoms with E-state index in [1.54, 1.807) is 14.2 Å². The van der Waals surface area contributed by atoms with Gasteiger partial charge in [-0.15, -0.1) is 0 Å². The summed E-state index contributed by atoms with van der Waals surface area (Å²) < 4.78 is 11.7. The van der Waals surface area contributed by atoms with Crippen LogP contribution in [-0.2, 0) is 4.74 Å². The molecule has 2 N–H and O–H groups in total. The molecule has 5 heterocycles. The van der Waals surface area contributed by atoms with E-state index in [9.17, 15) is 0 Å². The van der Waals surface area contributed by atoms with Crippen LogP contribution in [0, 0.1) is 0 Å². The molecule has 0 amide bonds. The molecule has 3 aromatic heterocycles. The minimum atomic E-state index is 0.148. The van der Waals surface area contributed by atoms with E-state index in [1.165, 1.54) is 27.0 Å². The number of nitrogens with one attached hydrogen (secondary N) is 2. The van der Waals surface area contributed by atoms with Crippen molar-refractivity contribution in [3.05, 3.63) is 71.0 Å². The second-order valence-corrected chi connectivity index (χ2v) is 9.16. The standard InChI is InChI=1S/C28H26N4O2/c1-33-22-14-29-27(28-24(22)16-8-3-6-11-19(16)31-28)21-13-7-12-20-26-25(23(34-2)15-32(20)21)17-9-4-5-10-18(17)30-26/h3-6,8-11,14,21,30-31H,7,12-13,15H2,1-2H3. The zero-order valence-corrected chi connectivity index (χ0v) is 19.3. The van der Waals surface area contributed by atoms with E-state index >= 15 is 0 Å². The van der Waals surface area contributed by atoms with Crippen LogP contribution in [-0.4, -0.2) is 40.6 Å². The number of aromatic nitrogens is 3. The summed E-state index contributed by atoms with van der Waals surface area (Å²) in [4.78, 5) is 14.8. The van der Waals surface area contributed by atoms with Crippen LogP contribution in [0.2, 0.25) is 0 Å². The first-order valence-electron chi connectivity index (χ1n) is 11.9. The topological polar surface area (TPSA) is 66.2 Å². The van der Waals surface area contributed by atoms with Gasteiger partial charge in [0, 0.05) is 32.7 Å². The second-order valence-electron chi connectivity index (χ2n) is 9.16. The Labute approximate surface area is 196 Å². The third-order valence-corrected chi connectivity index (χ3v) is 7.51. The highest BCUT2D eigenvalue weighted by Gasteiger charge is 2.34. The molecule has 1 saturated heterocycles. The zero-order chi connectivity index (χ0) is 22.8. The molecule has 170 valence electrons. The monoisotopic (exact) mass is 450 g/mol. The highest BCUT2D eigenvalue weighted by Crippen LogP contribution is 2.42. The number of pyridine rings is 1. The van der Waals surface area contributed by atoms with E-state index in [1.807, 2.05) is 6.20 Å². The molecule has 6 nitrogen and oxygen atoms in total. The van der Waals surface area contributed by atoms with Crippen LogP contribution >= 0.6 is 0 Å². The third kappa shape index (κ3) is 2.59. The second kappa shape index (κ2) is 7.29. The largest absolute Gasteiger partial charge is 0.498 e. The first-order valence-corrected chi connectivity index (χ1v) is 11.9. The number of hydrogen-bond donors (Lipinski definition) is 2. The first-order chi connectivity index (χ1) is 16.8. The molecule has 6 heteroatoms. The fourth-order valence-corrected chi connectivity index (χ4v) is 6.01. The molecule has 1 fully saturated rings. The number of aromatic amines is 2. The lowest BCUT2D eigenvalue weighted by atomic mass is 9.93. The number of methoxy groups -OCH3 is 2. The van der Waals surface area contributed by atoms with Gasteiger partial charge in [0.2, 0.25) is 0 Å². The molecule has 7 rings (SSSR count). The van der Waals surface area contributed by atoms with Gasteiger partial charge in [0.15, 0.2) is 0 Å². The lowest BCUT2D eigenvalue weighted by molar-refractivity contribution is 0.230. The van der Waals surface area contributed by atoms with Crippen molar-refractivity contribution < 1.29 is 9.47 Å². The molecule has 2 aromatic carbocycles. The Morgan fingerprint density at radius 2 is 1.71 bits per heavy atom. The highest BCUT2D eigenvalue weighted by atomic mass is 16.5. The number of nitrogens with zero attached hydrogens (tertiary/aromatic N) is 2. The molecule has 5 aromatic rings. The van der Waals surface area contributed by atoms with E-state index < -0.39 is 0 Å². The lowest BCUT2D eigenvalue weighted by Crippen LogP contribution is -2.46. The number of hydrogen-bond acceptors (Lipinski definition) is 4. The van der Waals surface area contributed by atoms with Crippen LogP contribution in [0.25, 0.3) is 44.2 Å². The molecule has 0 spiro atoms. The quantitative estimate of drug-likeness (QED) is 0.430. The summed E-state index contributed by atoms with van der Waals surface area (Å²) in [5.41, 5.74) is 5.74. The van der Waals surface area contributed by atoms with Gasteiger partial charge in [0.1, 0.15) is 11.5 Å². The Bertz CT molecular complexity index is 1710. The van der Waals surface area contributed by atoms with Crippen LogP contribution in [0.15, 0.2) is 54.7 Å². The van der Waals surface area contributed by atoms with Crippen LogP contribution in [0.4, 0.5) is 0 Å². The van der Waals surface area contributed by atoms with Crippen molar-refractivity contribution in [1.29, 1.82) is 0 Å². The fraction of sp³-hybridized carbons (Fsp3) is 0.250. The van der Waals surface area contributed by atoms with E-state index in [0.29, 0.717) is 0 Å². The highest BCUT2D eigenvalue weighted by molar-refractivity contribution is 6.11. The lowest BCUT2D eigenvalue weighted by Gasteiger charge is -2.40. The summed E-state index contributed by atoms with van der Waals surface area (Å²) >= 11 is 0. The van der Waals surface area contributed by atoms with Crippen LogP contribution in [0.3, 0.4) is 0 Å². The number of H-pyrrole nitrogens is 2. The molecular weight excluding hydrogens is 424 g/mol. The molecule has 1 unspecified atom stereocenters. The predicted octanol–water partition coefficient (Wildman–Crippen LogP) is 4.31. The van der Waals surface area contributed by atoms with Gasteiger partial charge in [-0.1, -0.05) is 36.4 Å². The van der Waals surface area contributed by atoms with Crippen molar-refractivity contribution in [2.24, 2.45) is 0 Å². The van der Waals surface area contributed by atoms with E-state index in [0.717, 1.165) is 64.9 Å². The normalized spacial score (nSPS) is 17.9. The number of ether oxygens (including phenoxy) is 2. The SMILES string of the molecule is COC1=c2c([nH]c3ccccc23)=C2CCCC(c3ncc(OC)c4c3[nH]c3ccccc34)N2C1. The average molecular weight is 451 g/mol. The minimum absolute atomic E-state index is 0.148. The van der Waals surface area contributed by atoms with Crippen LogP contribution in [0.5, 0.6) is 5.75 Å². The molecule has 1 atom stereocenters. The Balaban J connectivity index is 1.48. The molecular formula is C28H26N4O2. The van der Waals surface area contributed by atoms with Crippen molar-refractivity contribution in [3.63, 3.8) is 0 Å². The summed E-state index contributed by atoms with van der Waals surface area (Å²) in [5.74, 6) is 1.81. The van der Waals surface area contributed by atoms with Crippen molar-refractivity contribution in [1.82, 2.24) is 19.9 Å². The number of rotatable bonds is 3. The summed E-state index contributed by atoms with van der Waals surface area (Å²) in [6.07, 6.45) is 5.08. The maximum absolute atomic E-state index is 5.98. The van der Waals surface area contributed by atoms with Crippen LogP contribution in [0.1, 0.15) is 31.0 Å². The average Bonchev–Trinajstić information content (AvgIpc) is 3.47. The summed E-state index contributed by atoms with van der Waals surface area (Å²) in [7, 11) is 3.50. The fourth-order valence-electron chi connectivity index (χ4n) is 6.01. The Hall–Kier alpha value is -3.93. The number of benzene rings is 2. The van der Waals surface area contributed by atoms with Crippen molar-refractivity contribution in [3.8, 4) is 5.75 Å². The summed E-state index contributed by atoms with van der Waals surface area (Å²) in [5, 5.41) is 5.90. The van der Waals surface area contributed by atoms with Crippen LogP contribution < -0.4 is 15.3 Å². The van der Waals surface area contributed by atoms with E-state index in [4.69, 9.17) is 14.5 Å². The van der Waals surface area contributed by atoms with Gasteiger partial charge in [-0.05, 0) is 31.4 Å². The van der Waals surface area contributed by atoms with Crippen molar-refractivity contribution >= 4 is 44.2 Å². The molecule has 34 heavy (non-hydrogen) atoms. The summed E-state index contributed by atoms with van der Waals surface area (Å²) in [6, 6.07) is 17.0. The van der Waals surface area contributed by atoms with E-state index in [-0.39, 0.29) is 6.04 Å². The molecule has 2 aliphatic heterocycles. The Morgan fingerprint density at radius 1 is 0.941 bits per heavy atom. The van der Waals surface area contributed by atoms with E-state index in [2.05, 4.69) is 63.4 Å². The third-order valence-electron chi connectivity index (χ3n) is 7.51. The van der Waals surface area contributed by atoms with Gasteiger partial charge < -0.3 is 24.3 Å². The van der Waals surface area contributed by atoms with Gasteiger partial charge in [0.05, 0.1) is 54.9 Å². The van der Waals surface area contributed by atoms with Gasteiger partial charge in [-0.2, -0.15) is 0 Å². The van der Waals surface area contributed by atoms with Gasteiger partial charge in [0.25, 0.3) is 0 Å². The van der Waals surface area contributed by atoms with Crippen molar-refractivity contribution in [2.75, 3.05) is 20.8 Å².